The van der Waals surface area contributed by atoms with Gasteiger partial charge in [-0.2, -0.15) is 0 Å². The van der Waals surface area contributed by atoms with Crippen molar-refractivity contribution in [3.8, 4) is 0 Å². The molecule has 8 heavy (non-hydrogen) atoms. The topological polar surface area (TPSA) is 26.3 Å². The van der Waals surface area contributed by atoms with Crippen LogP contribution in [-0.4, -0.2) is 25.5 Å². The van der Waals surface area contributed by atoms with Crippen molar-refractivity contribution in [1.29, 1.82) is 0 Å². The van der Waals surface area contributed by atoms with Crippen LogP contribution in [0, 0.1) is 0 Å². The van der Waals surface area contributed by atoms with Crippen LogP contribution in [0.15, 0.2) is 0 Å². The first-order valence-electron chi connectivity index (χ1n) is 2.30. The average Bonchev–Trinajstić information content (AvgIpc) is 1.83. The van der Waals surface area contributed by atoms with E-state index < -0.39 is 0 Å². The molecule has 0 N–H and O–H groups in total. The van der Waals surface area contributed by atoms with Crippen LogP contribution in [0.1, 0.15) is 6.42 Å². The van der Waals surface area contributed by atoms with Gasteiger partial charge >= 0.3 is 5.97 Å². The smallest absolute Gasteiger partial charge is 0.306 e. The lowest BCUT2D eigenvalue weighted by molar-refractivity contribution is -0.140. The lowest BCUT2D eigenvalue weighted by Gasteiger charge is -1.91. The second kappa shape index (κ2) is 4.79. The third kappa shape index (κ3) is 3.82. The minimum Gasteiger partial charge on any atom is -0.469 e. The van der Waals surface area contributed by atoms with Crippen molar-refractivity contribution in [3.05, 3.63) is 0 Å². The maximum Gasteiger partial charge on any atom is 0.306 e. The Morgan fingerprint density at radius 3 is 2.88 bits per heavy atom. The number of carbonyl (C=O) groups excluding carboxylic acids is 1. The van der Waals surface area contributed by atoms with Crippen molar-refractivity contribution in [2.45, 2.75) is 6.42 Å². The second-order valence-electron chi connectivity index (χ2n) is 1.27. The van der Waals surface area contributed by atoms with Crippen LogP contribution in [0.25, 0.3) is 0 Å². The fraction of sp³-hybridized carbons (Fsp3) is 0.600. The summed E-state index contributed by atoms with van der Waals surface area (Å²) in [5.74, 6) is -0.152. The monoisotopic (exact) mass is 132 g/mol. The van der Waals surface area contributed by atoms with Gasteiger partial charge in [0, 0.05) is 0 Å². The van der Waals surface area contributed by atoms with Gasteiger partial charge in [-0.05, 0) is 6.16 Å². The highest BCUT2D eigenvalue weighted by atomic mass is 31.1. The van der Waals surface area contributed by atoms with Crippen molar-refractivity contribution in [2.24, 2.45) is 0 Å². The number of ether oxygens (including phenoxy) is 1. The second-order valence-corrected chi connectivity index (χ2v) is 2.17. The molecule has 0 fully saturated rings. The summed E-state index contributed by atoms with van der Waals surface area (Å²) >= 11 is 0. The largest absolute Gasteiger partial charge is 0.469 e. The molecule has 0 rings (SSSR count). The highest BCUT2D eigenvalue weighted by molar-refractivity contribution is 7.36. The summed E-state index contributed by atoms with van der Waals surface area (Å²) in [6.07, 6.45) is 4.84. The molecule has 0 amide bonds. The molecule has 0 aromatic rings. The van der Waals surface area contributed by atoms with E-state index in [9.17, 15) is 4.79 Å². The van der Waals surface area contributed by atoms with E-state index in [1.54, 1.807) is 0 Å². The molecule has 2 nitrogen and oxygen atoms in total. The van der Waals surface area contributed by atoms with Crippen LogP contribution in [0.5, 0.6) is 0 Å². The summed E-state index contributed by atoms with van der Waals surface area (Å²) in [6, 6.07) is 0. The molecule has 0 bridgehead atoms. The van der Waals surface area contributed by atoms with Crippen LogP contribution in [0.2, 0.25) is 0 Å². The predicted octanol–water partition coefficient (Wildman–Crippen LogP) is 0.928. The third-order valence-electron chi connectivity index (χ3n) is 0.702. The zero-order chi connectivity index (χ0) is 6.41. The van der Waals surface area contributed by atoms with Crippen molar-refractivity contribution in [3.63, 3.8) is 0 Å². The van der Waals surface area contributed by atoms with Gasteiger partial charge in [0.15, 0.2) is 0 Å². The lowest BCUT2D eigenvalue weighted by atomic mass is 10.5. The Bertz CT molecular complexity index is 90.4. The number of esters is 1. The first kappa shape index (κ1) is 7.64. The van der Waals surface area contributed by atoms with Crippen LogP contribution in [0.3, 0.4) is 0 Å². The van der Waals surface area contributed by atoms with Crippen LogP contribution >= 0.6 is 8.20 Å². The standard InChI is InChI=1S/C5H9O2P/c1-7-5(6)3-4-8-2/h2-4H2,1H3. The molecule has 0 radical (unpaired) electrons. The fourth-order valence-electron chi connectivity index (χ4n) is 0.272. The summed E-state index contributed by atoms with van der Waals surface area (Å²) < 4.78 is 4.38. The first-order valence-corrected chi connectivity index (χ1v) is 3.57. The van der Waals surface area contributed by atoms with Crippen molar-refractivity contribution in [1.82, 2.24) is 0 Å². The van der Waals surface area contributed by atoms with E-state index in [1.165, 1.54) is 7.11 Å². The number of methoxy groups -OCH3 is 1. The molecule has 0 saturated heterocycles. The minimum absolute atomic E-state index is 0.152. The Labute approximate surface area is 50.6 Å². The highest BCUT2D eigenvalue weighted by Crippen LogP contribution is 1.94. The highest BCUT2D eigenvalue weighted by Gasteiger charge is 1.94. The van der Waals surface area contributed by atoms with E-state index in [-0.39, 0.29) is 5.97 Å². The predicted molar refractivity (Wildman–Crippen MR) is 35.5 cm³/mol. The average molecular weight is 132 g/mol. The van der Waals surface area contributed by atoms with Gasteiger partial charge < -0.3 is 4.74 Å². The Balaban J connectivity index is 3.11. The number of hydrogen-bond donors (Lipinski definition) is 0. The molecule has 0 aliphatic heterocycles. The Morgan fingerprint density at radius 1 is 1.88 bits per heavy atom. The van der Waals surface area contributed by atoms with Crippen molar-refractivity contribution >= 4 is 20.5 Å². The number of rotatable bonds is 3. The summed E-state index contributed by atoms with van der Waals surface area (Å²) in [4.78, 5) is 10.3. The van der Waals surface area contributed by atoms with Gasteiger partial charge in [-0.3, -0.25) is 4.79 Å². The zero-order valence-corrected chi connectivity index (χ0v) is 5.78. The third-order valence-corrected chi connectivity index (χ3v) is 1.24. The van der Waals surface area contributed by atoms with Gasteiger partial charge in [0.25, 0.3) is 0 Å². The van der Waals surface area contributed by atoms with E-state index in [4.69, 9.17) is 0 Å². The molecule has 0 aliphatic carbocycles. The normalized spacial score (nSPS) is 9.12. The molecule has 0 aliphatic rings. The van der Waals surface area contributed by atoms with Crippen molar-refractivity contribution < 1.29 is 9.53 Å². The SMILES string of the molecule is C=PCCC(=O)OC. The zero-order valence-electron chi connectivity index (χ0n) is 4.89. The van der Waals surface area contributed by atoms with Crippen LogP contribution in [0.4, 0.5) is 0 Å². The van der Waals surface area contributed by atoms with Gasteiger partial charge in [-0.15, -0.1) is 8.20 Å². The molecule has 0 aromatic heterocycles. The Kier molecular flexibility index (Phi) is 4.58. The minimum atomic E-state index is -0.152. The Hall–Kier alpha value is -0.360. The maximum atomic E-state index is 10.3. The molecule has 0 aromatic carbocycles. The summed E-state index contributed by atoms with van der Waals surface area (Å²) in [5.41, 5.74) is 0. The van der Waals surface area contributed by atoms with Gasteiger partial charge in [0.05, 0.1) is 13.5 Å². The van der Waals surface area contributed by atoms with E-state index in [0.717, 1.165) is 14.4 Å². The molecule has 0 heterocycles. The quantitative estimate of drug-likeness (QED) is 0.421. The summed E-state index contributed by atoms with van der Waals surface area (Å²) in [7, 11) is 2.39. The fourth-order valence-corrected chi connectivity index (χ4v) is 0.613. The molecule has 46 valence electrons. The molecule has 0 unspecified atom stereocenters. The first-order chi connectivity index (χ1) is 3.81. The molecule has 3 heteroatoms. The number of carbonyl (C=O) groups is 1. The van der Waals surface area contributed by atoms with E-state index in [0.29, 0.717) is 6.42 Å². The number of hydrogen-bond acceptors (Lipinski definition) is 2. The molecular weight excluding hydrogens is 123 g/mol. The Morgan fingerprint density at radius 2 is 2.50 bits per heavy atom. The van der Waals surface area contributed by atoms with Gasteiger partial charge in [0.2, 0.25) is 0 Å². The lowest BCUT2D eigenvalue weighted by Crippen LogP contribution is -1.99. The maximum absolute atomic E-state index is 10.3. The van der Waals surface area contributed by atoms with E-state index >= 15 is 0 Å². The summed E-state index contributed by atoms with van der Waals surface area (Å²) in [6.45, 7) is 0. The van der Waals surface area contributed by atoms with E-state index in [2.05, 4.69) is 11.0 Å². The van der Waals surface area contributed by atoms with Crippen LogP contribution < -0.4 is 0 Å². The van der Waals surface area contributed by atoms with Crippen molar-refractivity contribution in [2.75, 3.05) is 13.3 Å². The molecule has 0 spiro atoms. The molecule has 0 saturated carbocycles. The van der Waals surface area contributed by atoms with Gasteiger partial charge in [-0.1, -0.05) is 6.30 Å². The molecular formula is C5H9O2P. The summed E-state index contributed by atoms with van der Waals surface area (Å²) in [5, 5.41) is 0. The van der Waals surface area contributed by atoms with Crippen LogP contribution in [-0.2, 0) is 9.53 Å². The van der Waals surface area contributed by atoms with Gasteiger partial charge in [-0.25, -0.2) is 0 Å². The van der Waals surface area contributed by atoms with E-state index in [1.807, 2.05) is 0 Å². The molecule has 0 atom stereocenters. The van der Waals surface area contributed by atoms with Gasteiger partial charge in [0.1, 0.15) is 0 Å².